The first-order chi connectivity index (χ1) is 19.8. The lowest BCUT2D eigenvalue weighted by atomic mass is 9.76. The molecule has 0 bridgehead atoms. The molecule has 3 aromatic carbocycles. The molecule has 216 valence electrons. The topological polar surface area (TPSA) is 80.6 Å². The van der Waals surface area contributed by atoms with E-state index < -0.39 is 12.1 Å². The van der Waals surface area contributed by atoms with E-state index in [0.29, 0.717) is 26.2 Å². The number of ether oxygens (including phenoxy) is 2. The number of carbonyl (C=O) groups is 1. The zero-order chi connectivity index (χ0) is 29.2. The van der Waals surface area contributed by atoms with Gasteiger partial charge in [0.05, 0.1) is 6.54 Å². The Bertz CT molecular complexity index is 1330. The molecule has 0 saturated heterocycles. The average Bonchev–Trinajstić information content (AvgIpc) is 2.97. The van der Waals surface area contributed by atoms with E-state index in [0.717, 1.165) is 47.7 Å². The lowest BCUT2D eigenvalue weighted by Gasteiger charge is -2.40. The van der Waals surface area contributed by atoms with Crippen molar-refractivity contribution in [3.05, 3.63) is 108 Å². The van der Waals surface area contributed by atoms with Crippen LogP contribution in [-0.4, -0.2) is 55.8 Å². The van der Waals surface area contributed by atoms with Gasteiger partial charge in [0.25, 0.3) is 0 Å². The summed E-state index contributed by atoms with van der Waals surface area (Å²) in [5.74, 6) is -0.193. The number of hydrogen-bond donors (Lipinski definition) is 1. The summed E-state index contributed by atoms with van der Waals surface area (Å²) in [5, 5.41) is 13.8. The van der Waals surface area contributed by atoms with Crippen LogP contribution in [-0.2, 0) is 26.2 Å². The number of nitrogens with zero attached hydrogens (tertiary/aromatic N) is 2. The quantitative estimate of drug-likeness (QED) is 0.110. The molecule has 1 aliphatic heterocycles. The summed E-state index contributed by atoms with van der Waals surface area (Å²) in [6, 6.07) is 24.2. The normalized spacial score (nSPS) is 15.1. The number of rotatable bonds is 14. The van der Waals surface area contributed by atoms with Crippen LogP contribution < -0.4 is 9.64 Å². The van der Waals surface area contributed by atoms with Crippen LogP contribution in [0.2, 0.25) is 0 Å². The van der Waals surface area contributed by atoms with E-state index in [1.165, 1.54) is 11.3 Å². The average molecular weight is 557 g/mol. The molecule has 0 saturated carbocycles. The minimum Gasteiger partial charge on any atom is -0.492 e. The van der Waals surface area contributed by atoms with Crippen molar-refractivity contribution >= 4 is 17.4 Å². The molecule has 1 heterocycles. The highest BCUT2D eigenvalue weighted by Crippen LogP contribution is 2.40. The van der Waals surface area contributed by atoms with Gasteiger partial charge >= 0.3 is 5.97 Å². The van der Waals surface area contributed by atoms with Gasteiger partial charge in [-0.2, -0.15) is 0 Å². The van der Waals surface area contributed by atoms with Crippen LogP contribution in [0, 0.1) is 0 Å². The first kappa shape index (κ1) is 29.9. The van der Waals surface area contributed by atoms with Gasteiger partial charge < -0.3 is 24.3 Å². The van der Waals surface area contributed by atoms with E-state index in [1.54, 1.807) is 13.0 Å². The Labute approximate surface area is 243 Å². The van der Waals surface area contributed by atoms with E-state index in [4.69, 9.17) is 14.3 Å². The van der Waals surface area contributed by atoms with Crippen molar-refractivity contribution in [2.75, 3.05) is 37.8 Å². The number of carboxylic acids is 1. The van der Waals surface area contributed by atoms with Crippen LogP contribution in [0.1, 0.15) is 49.4 Å². The highest BCUT2D eigenvalue weighted by atomic mass is 16.6. The second-order valence-electron chi connectivity index (χ2n) is 10.7. The van der Waals surface area contributed by atoms with Gasteiger partial charge in [0, 0.05) is 36.4 Å². The number of fused-ring (bicyclic) bond motifs is 1. The van der Waals surface area contributed by atoms with Crippen LogP contribution in [0.25, 0.3) is 0 Å². The zero-order valence-corrected chi connectivity index (χ0v) is 24.2. The van der Waals surface area contributed by atoms with Crippen molar-refractivity contribution in [1.29, 1.82) is 0 Å². The minimum absolute atomic E-state index is 0.0115. The van der Waals surface area contributed by atoms with Crippen LogP contribution >= 0.6 is 0 Å². The van der Waals surface area contributed by atoms with Crippen molar-refractivity contribution in [3.8, 4) is 5.75 Å². The van der Waals surface area contributed by atoms with E-state index in [2.05, 4.69) is 48.7 Å². The van der Waals surface area contributed by atoms with Crippen LogP contribution in [0.5, 0.6) is 5.75 Å². The summed E-state index contributed by atoms with van der Waals surface area (Å²) in [6.45, 7) is 13.0. The van der Waals surface area contributed by atoms with Crippen molar-refractivity contribution in [3.63, 3.8) is 0 Å². The molecule has 41 heavy (non-hydrogen) atoms. The lowest BCUT2D eigenvalue weighted by Crippen LogP contribution is -2.39. The predicted molar refractivity (Wildman–Crippen MR) is 163 cm³/mol. The molecule has 0 aromatic heterocycles. The minimum atomic E-state index is -0.950. The van der Waals surface area contributed by atoms with E-state index in [-0.39, 0.29) is 5.41 Å². The summed E-state index contributed by atoms with van der Waals surface area (Å²) in [4.78, 5) is 19.3. The molecule has 0 unspecified atom stereocenters. The van der Waals surface area contributed by atoms with Crippen LogP contribution in [0.3, 0.4) is 0 Å². The molecule has 0 amide bonds. The number of benzene rings is 3. The summed E-state index contributed by atoms with van der Waals surface area (Å²) in [7, 11) is 0. The lowest BCUT2D eigenvalue weighted by molar-refractivity contribution is -0.149. The maximum Gasteiger partial charge on any atom is 0.333 e. The Balaban J connectivity index is 1.46. The predicted octanol–water partition coefficient (Wildman–Crippen LogP) is 6.24. The SMILES string of the molecule is C=CCO/N=C(\c1ccccc1)c1ccc2c(c1)C(C)(C)CCN2CCOc1ccc(C[C@H](OCC)C(=O)O)cc1. The second kappa shape index (κ2) is 14.0. The van der Waals surface area contributed by atoms with Crippen LogP contribution in [0.15, 0.2) is 90.6 Å². The summed E-state index contributed by atoms with van der Waals surface area (Å²) < 4.78 is 11.4. The molecule has 4 rings (SSSR count). The van der Waals surface area contributed by atoms with Gasteiger partial charge in [-0.25, -0.2) is 4.79 Å². The number of aliphatic carboxylic acids is 1. The van der Waals surface area contributed by atoms with E-state index >= 15 is 0 Å². The number of hydrogen-bond acceptors (Lipinski definition) is 6. The Kier molecular flexibility index (Phi) is 10.2. The molecule has 7 nitrogen and oxygen atoms in total. The number of anilines is 1. The molecule has 0 spiro atoms. The Morgan fingerprint density at radius 3 is 2.54 bits per heavy atom. The van der Waals surface area contributed by atoms with Crippen molar-refractivity contribution in [2.24, 2.45) is 5.16 Å². The Morgan fingerprint density at radius 2 is 1.85 bits per heavy atom. The highest BCUT2D eigenvalue weighted by molar-refractivity contribution is 6.13. The third-order valence-electron chi connectivity index (χ3n) is 7.36. The Hall–Kier alpha value is -4.10. The second-order valence-corrected chi connectivity index (χ2v) is 10.7. The first-order valence-corrected chi connectivity index (χ1v) is 14.1. The highest BCUT2D eigenvalue weighted by Gasteiger charge is 2.32. The molecule has 0 radical (unpaired) electrons. The standard InChI is InChI=1S/C34H40N2O5/c1-5-21-41-35-32(26-10-8-7-9-11-26)27-14-17-30-29(24-27)34(3,4)18-19-36(30)20-22-40-28-15-12-25(13-16-28)23-31(33(37)38)39-6-2/h5,7-17,24,31H,1,6,18-23H2,2-4H3,(H,37,38)/b35-32+/t31-/m0/s1. The summed E-state index contributed by atoms with van der Waals surface area (Å²) >= 11 is 0. The molecule has 0 aliphatic carbocycles. The third-order valence-corrected chi connectivity index (χ3v) is 7.36. The molecule has 1 aliphatic rings. The number of carboxylic acid groups (broad SMARTS) is 1. The molecular formula is C34H40N2O5. The van der Waals surface area contributed by atoms with Gasteiger partial charge in [-0.3, -0.25) is 0 Å². The molecule has 0 fully saturated rings. The molecule has 1 N–H and O–H groups in total. The van der Waals surface area contributed by atoms with Gasteiger partial charge in [-0.1, -0.05) is 80.2 Å². The van der Waals surface area contributed by atoms with Crippen molar-refractivity contribution < 1.29 is 24.2 Å². The van der Waals surface area contributed by atoms with Crippen molar-refractivity contribution in [1.82, 2.24) is 0 Å². The van der Waals surface area contributed by atoms with Crippen LogP contribution in [0.4, 0.5) is 5.69 Å². The van der Waals surface area contributed by atoms with E-state index in [1.807, 2.05) is 54.6 Å². The zero-order valence-electron chi connectivity index (χ0n) is 24.2. The van der Waals surface area contributed by atoms with Gasteiger partial charge in [-0.05, 0) is 54.2 Å². The van der Waals surface area contributed by atoms with Gasteiger partial charge in [0.2, 0.25) is 0 Å². The summed E-state index contributed by atoms with van der Waals surface area (Å²) in [6.07, 6.45) is 2.19. The third kappa shape index (κ3) is 7.76. The largest absolute Gasteiger partial charge is 0.492 e. The fourth-order valence-corrected chi connectivity index (χ4v) is 5.05. The number of oxime groups is 1. The molecule has 1 atom stereocenters. The fraction of sp³-hybridized carbons (Fsp3) is 0.353. The van der Waals surface area contributed by atoms with Gasteiger partial charge in [0.1, 0.15) is 24.7 Å². The van der Waals surface area contributed by atoms with E-state index in [9.17, 15) is 9.90 Å². The molecule has 3 aromatic rings. The maximum absolute atomic E-state index is 11.4. The fourth-order valence-electron chi connectivity index (χ4n) is 5.05. The first-order valence-electron chi connectivity index (χ1n) is 14.1. The monoisotopic (exact) mass is 556 g/mol. The summed E-state index contributed by atoms with van der Waals surface area (Å²) in [5.41, 5.74) is 6.20. The van der Waals surface area contributed by atoms with Gasteiger partial charge in [-0.15, -0.1) is 0 Å². The smallest absolute Gasteiger partial charge is 0.333 e. The van der Waals surface area contributed by atoms with Gasteiger partial charge in [0.15, 0.2) is 6.10 Å². The van der Waals surface area contributed by atoms with Crippen molar-refractivity contribution in [2.45, 2.75) is 45.1 Å². The molecule has 7 heteroatoms. The maximum atomic E-state index is 11.4. The Morgan fingerprint density at radius 1 is 1.10 bits per heavy atom. The molecular weight excluding hydrogens is 516 g/mol.